The van der Waals surface area contributed by atoms with E-state index in [4.69, 9.17) is 5.73 Å². The minimum absolute atomic E-state index is 0.148. The van der Waals surface area contributed by atoms with Crippen molar-refractivity contribution in [1.82, 2.24) is 14.3 Å². The second kappa shape index (κ2) is 5.19. The Morgan fingerprint density at radius 3 is 2.82 bits per heavy atom. The first-order chi connectivity index (χ1) is 8.22. The summed E-state index contributed by atoms with van der Waals surface area (Å²) < 4.78 is 4.10. The number of nitrogens with two attached hydrogens (primary N) is 1. The SMILES string of the molecule is CCC(N)c1ccn(Cc2cnn(CC)c2)c1. The van der Waals surface area contributed by atoms with Gasteiger partial charge in [-0.3, -0.25) is 4.68 Å². The van der Waals surface area contributed by atoms with Crippen molar-refractivity contribution in [1.29, 1.82) is 0 Å². The standard InChI is InChI=1S/C13H20N4/c1-3-13(14)12-5-6-16(10-12)8-11-7-15-17(4-2)9-11/h5-7,9-10,13H,3-4,8,14H2,1-2H3. The molecule has 0 bridgehead atoms. The van der Waals surface area contributed by atoms with Crippen LogP contribution in [0.1, 0.15) is 37.4 Å². The third-order valence-corrected chi connectivity index (χ3v) is 3.02. The van der Waals surface area contributed by atoms with Gasteiger partial charge in [-0.05, 0) is 25.0 Å². The van der Waals surface area contributed by atoms with Gasteiger partial charge in [0, 0.05) is 36.7 Å². The number of hydrogen-bond donors (Lipinski definition) is 1. The number of aromatic nitrogens is 3. The van der Waals surface area contributed by atoms with Gasteiger partial charge in [0.25, 0.3) is 0 Å². The van der Waals surface area contributed by atoms with Crippen LogP contribution in [0.2, 0.25) is 0 Å². The first-order valence-electron chi connectivity index (χ1n) is 6.15. The zero-order chi connectivity index (χ0) is 12.3. The van der Waals surface area contributed by atoms with E-state index in [2.05, 4.69) is 48.2 Å². The summed E-state index contributed by atoms with van der Waals surface area (Å²) in [6.45, 7) is 5.96. The summed E-state index contributed by atoms with van der Waals surface area (Å²) in [4.78, 5) is 0. The van der Waals surface area contributed by atoms with Gasteiger partial charge in [0.15, 0.2) is 0 Å². The van der Waals surface area contributed by atoms with Crippen molar-refractivity contribution in [2.24, 2.45) is 5.73 Å². The Kier molecular flexibility index (Phi) is 3.64. The molecule has 0 spiro atoms. The van der Waals surface area contributed by atoms with Crippen LogP contribution in [0.5, 0.6) is 0 Å². The van der Waals surface area contributed by atoms with Gasteiger partial charge in [-0.1, -0.05) is 6.92 Å². The summed E-state index contributed by atoms with van der Waals surface area (Å²) in [7, 11) is 0. The maximum Gasteiger partial charge on any atom is 0.0539 e. The molecule has 0 aliphatic carbocycles. The van der Waals surface area contributed by atoms with Crippen molar-refractivity contribution in [2.45, 2.75) is 39.4 Å². The Morgan fingerprint density at radius 2 is 2.18 bits per heavy atom. The molecular formula is C13H20N4. The minimum atomic E-state index is 0.148. The lowest BCUT2D eigenvalue weighted by Crippen LogP contribution is -2.07. The van der Waals surface area contributed by atoms with Crippen LogP contribution in [0, 0.1) is 0 Å². The van der Waals surface area contributed by atoms with Gasteiger partial charge in [-0.25, -0.2) is 0 Å². The van der Waals surface area contributed by atoms with Crippen molar-refractivity contribution < 1.29 is 0 Å². The lowest BCUT2D eigenvalue weighted by molar-refractivity contribution is 0.658. The van der Waals surface area contributed by atoms with Crippen LogP contribution in [0.25, 0.3) is 0 Å². The predicted octanol–water partition coefficient (Wildman–Crippen LogP) is 2.16. The molecule has 17 heavy (non-hydrogen) atoms. The van der Waals surface area contributed by atoms with E-state index in [1.165, 1.54) is 11.1 Å². The number of hydrogen-bond acceptors (Lipinski definition) is 2. The Balaban J connectivity index is 2.06. The highest BCUT2D eigenvalue weighted by molar-refractivity contribution is 5.16. The summed E-state index contributed by atoms with van der Waals surface area (Å²) in [6.07, 6.45) is 9.17. The van der Waals surface area contributed by atoms with Crippen LogP contribution in [-0.4, -0.2) is 14.3 Å². The maximum atomic E-state index is 6.00. The van der Waals surface area contributed by atoms with Gasteiger partial charge in [-0.15, -0.1) is 0 Å². The Hall–Kier alpha value is -1.55. The Labute approximate surface area is 102 Å². The van der Waals surface area contributed by atoms with Crippen LogP contribution in [0.15, 0.2) is 30.9 Å². The van der Waals surface area contributed by atoms with E-state index in [1.54, 1.807) is 0 Å². The van der Waals surface area contributed by atoms with E-state index in [9.17, 15) is 0 Å². The first kappa shape index (κ1) is 11.9. The van der Waals surface area contributed by atoms with Crippen LogP contribution in [0.3, 0.4) is 0 Å². The van der Waals surface area contributed by atoms with E-state index in [-0.39, 0.29) is 6.04 Å². The molecule has 2 aromatic rings. The second-order valence-corrected chi connectivity index (χ2v) is 4.34. The zero-order valence-corrected chi connectivity index (χ0v) is 10.5. The molecule has 1 unspecified atom stereocenters. The van der Waals surface area contributed by atoms with Gasteiger partial charge in [-0.2, -0.15) is 5.10 Å². The molecule has 2 N–H and O–H groups in total. The van der Waals surface area contributed by atoms with Crippen molar-refractivity contribution in [2.75, 3.05) is 0 Å². The van der Waals surface area contributed by atoms with Crippen LogP contribution < -0.4 is 5.73 Å². The van der Waals surface area contributed by atoms with Crippen molar-refractivity contribution in [3.05, 3.63) is 42.0 Å². The van der Waals surface area contributed by atoms with Gasteiger partial charge >= 0.3 is 0 Å². The molecule has 92 valence electrons. The topological polar surface area (TPSA) is 48.8 Å². The van der Waals surface area contributed by atoms with E-state index < -0.39 is 0 Å². The molecule has 0 saturated carbocycles. The third-order valence-electron chi connectivity index (χ3n) is 3.02. The molecule has 2 heterocycles. The highest BCUT2D eigenvalue weighted by Crippen LogP contribution is 2.14. The molecule has 0 saturated heterocycles. The molecule has 4 nitrogen and oxygen atoms in total. The number of nitrogens with zero attached hydrogens (tertiary/aromatic N) is 3. The van der Waals surface area contributed by atoms with Crippen LogP contribution in [-0.2, 0) is 13.1 Å². The van der Waals surface area contributed by atoms with Crippen LogP contribution >= 0.6 is 0 Å². The molecule has 1 atom stereocenters. The summed E-state index contributed by atoms with van der Waals surface area (Å²) >= 11 is 0. The lowest BCUT2D eigenvalue weighted by Gasteiger charge is -2.05. The molecule has 0 fully saturated rings. The van der Waals surface area contributed by atoms with Gasteiger partial charge in [0.05, 0.1) is 12.7 Å². The van der Waals surface area contributed by atoms with Gasteiger partial charge < -0.3 is 10.3 Å². The fourth-order valence-electron chi connectivity index (χ4n) is 1.88. The smallest absolute Gasteiger partial charge is 0.0539 e. The second-order valence-electron chi connectivity index (χ2n) is 4.34. The molecule has 0 amide bonds. The maximum absolute atomic E-state index is 6.00. The number of aryl methyl sites for hydroxylation is 1. The normalized spacial score (nSPS) is 12.9. The highest BCUT2D eigenvalue weighted by atomic mass is 15.3. The van der Waals surface area contributed by atoms with Crippen molar-refractivity contribution in [3.8, 4) is 0 Å². The first-order valence-corrected chi connectivity index (χ1v) is 6.15. The van der Waals surface area contributed by atoms with E-state index in [0.29, 0.717) is 0 Å². The summed E-state index contributed by atoms with van der Waals surface area (Å²) in [6, 6.07) is 2.24. The zero-order valence-electron chi connectivity index (χ0n) is 10.5. The molecule has 0 aliphatic rings. The molecule has 4 heteroatoms. The predicted molar refractivity (Wildman–Crippen MR) is 68.7 cm³/mol. The largest absolute Gasteiger partial charge is 0.349 e. The van der Waals surface area contributed by atoms with E-state index >= 15 is 0 Å². The molecule has 0 aliphatic heterocycles. The molecule has 2 rings (SSSR count). The average Bonchev–Trinajstić information content (AvgIpc) is 2.97. The highest BCUT2D eigenvalue weighted by Gasteiger charge is 2.05. The molecule has 0 aromatic carbocycles. The monoisotopic (exact) mass is 232 g/mol. The minimum Gasteiger partial charge on any atom is -0.349 e. The fraction of sp³-hybridized carbons (Fsp3) is 0.462. The third kappa shape index (κ3) is 2.77. The van der Waals surface area contributed by atoms with E-state index in [0.717, 1.165) is 19.5 Å². The lowest BCUT2D eigenvalue weighted by atomic mass is 10.1. The van der Waals surface area contributed by atoms with Crippen LogP contribution in [0.4, 0.5) is 0 Å². The van der Waals surface area contributed by atoms with Crippen molar-refractivity contribution in [3.63, 3.8) is 0 Å². The fourth-order valence-corrected chi connectivity index (χ4v) is 1.88. The van der Waals surface area contributed by atoms with Gasteiger partial charge in [0.2, 0.25) is 0 Å². The quantitative estimate of drug-likeness (QED) is 0.858. The molecule has 2 aromatic heterocycles. The molecular weight excluding hydrogens is 212 g/mol. The summed E-state index contributed by atoms with van der Waals surface area (Å²) in [5.41, 5.74) is 8.42. The Bertz CT molecular complexity index is 469. The number of rotatable bonds is 5. The van der Waals surface area contributed by atoms with Gasteiger partial charge in [0.1, 0.15) is 0 Å². The summed E-state index contributed by atoms with van der Waals surface area (Å²) in [5.74, 6) is 0. The average molecular weight is 232 g/mol. The van der Waals surface area contributed by atoms with E-state index in [1.807, 2.05) is 10.9 Å². The van der Waals surface area contributed by atoms with Crippen molar-refractivity contribution >= 4 is 0 Å². The summed E-state index contributed by atoms with van der Waals surface area (Å²) in [5, 5.41) is 4.27. The Morgan fingerprint density at radius 1 is 1.35 bits per heavy atom. The molecule has 0 radical (unpaired) electrons.